The Labute approximate surface area is 176 Å². The fourth-order valence-corrected chi connectivity index (χ4v) is 4.32. The number of benzene rings is 1. The van der Waals surface area contributed by atoms with Gasteiger partial charge in [-0.3, -0.25) is 19.9 Å². The summed E-state index contributed by atoms with van der Waals surface area (Å²) in [4.78, 5) is 30.5. The Hall–Kier alpha value is -3.22. The zero-order chi connectivity index (χ0) is 21.6. The Kier molecular flexibility index (Phi) is 6.82. The van der Waals surface area contributed by atoms with Gasteiger partial charge in [-0.1, -0.05) is 12.1 Å². The summed E-state index contributed by atoms with van der Waals surface area (Å²) in [5.74, 6) is -0.303. The van der Waals surface area contributed by atoms with Crippen molar-refractivity contribution in [1.82, 2.24) is 20.0 Å². The topological polar surface area (TPSA) is 144 Å². The molecule has 156 valence electrons. The Bertz CT molecular complexity index is 1150. The highest BCUT2D eigenvalue weighted by molar-refractivity contribution is 7.89. The van der Waals surface area contributed by atoms with Gasteiger partial charge in [-0.25, -0.2) is 18.1 Å². The molecule has 0 fully saturated rings. The molecule has 0 aliphatic heterocycles. The quantitative estimate of drug-likeness (QED) is 0.289. The fraction of sp³-hybridized carbons (Fsp3) is 0.167. The summed E-state index contributed by atoms with van der Waals surface area (Å²) in [5, 5.41) is 15.9. The van der Waals surface area contributed by atoms with Crippen molar-refractivity contribution in [3.63, 3.8) is 0 Å². The number of nitrogens with zero attached hydrogens (tertiary/aromatic N) is 3. The van der Waals surface area contributed by atoms with E-state index in [1.807, 2.05) is 12.1 Å². The van der Waals surface area contributed by atoms with Crippen LogP contribution in [0.5, 0.6) is 0 Å². The van der Waals surface area contributed by atoms with E-state index in [0.717, 1.165) is 11.8 Å². The van der Waals surface area contributed by atoms with Crippen molar-refractivity contribution in [2.75, 3.05) is 13.1 Å². The summed E-state index contributed by atoms with van der Waals surface area (Å²) in [7, 11) is -3.92. The fourth-order valence-electron chi connectivity index (χ4n) is 2.46. The molecule has 0 aliphatic carbocycles. The standard InChI is InChI=1S/C18H17N5O5S2/c24-17(10-13-12-29-18(22-13)16-6-1-2-7-19-16)20-8-9-21-30(27,28)15-5-3-4-14(11-15)23(25)26/h1-7,11-12,21H,8-10H2,(H,20,24). The monoisotopic (exact) mass is 447 g/mol. The van der Waals surface area contributed by atoms with Gasteiger partial charge in [0.2, 0.25) is 15.9 Å². The van der Waals surface area contributed by atoms with E-state index >= 15 is 0 Å². The van der Waals surface area contributed by atoms with Crippen molar-refractivity contribution in [2.24, 2.45) is 0 Å². The molecule has 0 unspecified atom stereocenters. The number of sulfonamides is 1. The van der Waals surface area contributed by atoms with Crippen LogP contribution in [0.1, 0.15) is 5.69 Å². The molecule has 0 bridgehead atoms. The molecule has 0 saturated heterocycles. The first-order chi connectivity index (χ1) is 14.3. The van der Waals surface area contributed by atoms with E-state index in [4.69, 9.17) is 0 Å². The number of carbonyl (C=O) groups is 1. The minimum absolute atomic E-state index is 0.0565. The third-order valence-corrected chi connectivity index (χ3v) is 6.23. The van der Waals surface area contributed by atoms with E-state index in [0.29, 0.717) is 10.7 Å². The molecule has 2 heterocycles. The summed E-state index contributed by atoms with van der Waals surface area (Å²) >= 11 is 1.38. The first-order valence-electron chi connectivity index (χ1n) is 8.72. The van der Waals surface area contributed by atoms with Gasteiger partial charge in [-0.15, -0.1) is 11.3 Å². The second kappa shape index (κ2) is 9.52. The summed E-state index contributed by atoms with van der Waals surface area (Å²) in [6.45, 7) is -0.00274. The lowest BCUT2D eigenvalue weighted by Gasteiger charge is -2.07. The molecule has 1 amide bonds. The first-order valence-corrected chi connectivity index (χ1v) is 11.1. The van der Waals surface area contributed by atoms with E-state index in [2.05, 4.69) is 20.0 Å². The lowest BCUT2D eigenvalue weighted by molar-refractivity contribution is -0.385. The van der Waals surface area contributed by atoms with Gasteiger partial charge in [0.25, 0.3) is 5.69 Å². The predicted molar refractivity (Wildman–Crippen MR) is 110 cm³/mol. The Morgan fingerprint density at radius 1 is 1.17 bits per heavy atom. The number of rotatable bonds is 9. The molecule has 1 aromatic carbocycles. The van der Waals surface area contributed by atoms with E-state index in [1.165, 1.54) is 29.5 Å². The van der Waals surface area contributed by atoms with Crippen molar-refractivity contribution in [1.29, 1.82) is 0 Å². The van der Waals surface area contributed by atoms with Crippen LogP contribution in [0.4, 0.5) is 5.69 Å². The number of non-ortho nitro benzene ring substituents is 1. The summed E-state index contributed by atoms with van der Waals surface area (Å²) in [6.07, 6.45) is 1.72. The third-order valence-electron chi connectivity index (χ3n) is 3.86. The third kappa shape index (κ3) is 5.65. The van der Waals surface area contributed by atoms with Gasteiger partial charge in [-0.05, 0) is 18.2 Å². The maximum absolute atomic E-state index is 12.2. The highest BCUT2D eigenvalue weighted by Gasteiger charge is 2.17. The number of aromatic nitrogens is 2. The molecule has 10 nitrogen and oxygen atoms in total. The smallest absolute Gasteiger partial charge is 0.270 e. The van der Waals surface area contributed by atoms with Crippen molar-refractivity contribution < 1.29 is 18.1 Å². The van der Waals surface area contributed by atoms with Crippen molar-refractivity contribution >= 4 is 33.0 Å². The number of nitro groups is 1. The molecular weight excluding hydrogens is 430 g/mol. The minimum Gasteiger partial charge on any atom is -0.354 e. The van der Waals surface area contributed by atoms with Crippen LogP contribution >= 0.6 is 11.3 Å². The second-order valence-electron chi connectivity index (χ2n) is 6.04. The molecule has 0 spiro atoms. The molecule has 12 heteroatoms. The van der Waals surface area contributed by atoms with Gasteiger partial charge in [0, 0.05) is 36.8 Å². The minimum atomic E-state index is -3.92. The van der Waals surface area contributed by atoms with E-state index in [1.54, 1.807) is 17.6 Å². The van der Waals surface area contributed by atoms with Gasteiger partial charge >= 0.3 is 0 Å². The largest absolute Gasteiger partial charge is 0.354 e. The van der Waals surface area contributed by atoms with Crippen LogP contribution in [0.3, 0.4) is 0 Å². The maximum Gasteiger partial charge on any atom is 0.270 e. The summed E-state index contributed by atoms with van der Waals surface area (Å²) in [6, 6.07) is 10.2. The van der Waals surface area contributed by atoms with Crippen LogP contribution in [0.25, 0.3) is 10.7 Å². The van der Waals surface area contributed by atoms with Crippen LogP contribution in [-0.4, -0.2) is 42.3 Å². The molecule has 2 N–H and O–H groups in total. The number of hydrogen-bond acceptors (Lipinski definition) is 8. The number of nitro benzene ring substituents is 1. The molecule has 3 rings (SSSR count). The lowest BCUT2D eigenvalue weighted by Crippen LogP contribution is -2.35. The van der Waals surface area contributed by atoms with Crippen LogP contribution in [-0.2, 0) is 21.2 Å². The zero-order valence-corrected chi connectivity index (χ0v) is 17.1. The van der Waals surface area contributed by atoms with E-state index < -0.39 is 14.9 Å². The second-order valence-corrected chi connectivity index (χ2v) is 8.66. The van der Waals surface area contributed by atoms with Crippen LogP contribution in [0.2, 0.25) is 0 Å². The highest BCUT2D eigenvalue weighted by atomic mass is 32.2. The molecular formula is C18H17N5O5S2. The maximum atomic E-state index is 12.2. The molecule has 3 aromatic rings. The lowest BCUT2D eigenvalue weighted by atomic mass is 10.3. The summed E-state index contributed by atoms with van der Waals surface area (Å²) < 4.78 is 26.7. The zero-order valence-electron chi connectivity index (χ0n) is 15.5. The number of hydrogen-bond donors (Lipinski definition) is 2. The van der Waals surface area contributed by atoms with Gasteiger partial charge in [-0.2, -0.15) is 0 Å². The Morgan fingerprint density at radius 3 is 2.73 bits per heavy atom. The molecule has 2 aromatic heterocycles. The SMILES string of the molecule is O=C(Cc1csc(-c2ccccn2)n1)NCCNS(=O)(=O)c1cccc([N+](=O)[O-])c1. The van der Waals surface area contributed by atoms with Gasteiger partial charge in [0.15, 0.2) is 0 Å². The van der Waals surface area contributed by atoms with Crippen molar-refractivity contribution in [3.05, 3.63) is 69.8 Å². The average molecular weight is 447 g/mol. The van der Waals surface area contributed by atoms with Crippen molar-refractivity contribution in [2.45, 2.75) is 11.3 Å². The Balaban J connectivity index is 1.47. The van der Waals surface area contributed by atoms with Gasteiger partial charge < -0.3 is 5.32 Å². The first kappa shape index (κ1) is 21.5. The predicted octanol–water partition coefficient (Wildman–Crippen LogP) is 1.75. The Morgan fingerprint density at radius 2 is 2.00 bits per heavy atom. The molecule has 0 radical (unpaired) electrons. The normalized spacial score (nSPS) is 11.2. The molecule has 0 aliphatic rings. The number of nitrogens with one attached hydrogen (secondary N) is 2. The van der Waals surface area contributed by atoms with Crippen LogP contribution in [0.15, 0.2) is 58.9 Å². The molecule has 0 saturated carbocycles. The summed E-state index contributed by atoms with van der Waals surface area (Å²) in [5.41, 5.74) is 1.000. The van der Waals surface area contributed by atoms with Crippen LogP contribution < -0.4 is 10.0 Å². The van der Waals surface area contributed by atoms with Gasteiger partial charge in [0.05, 0.1) is 27.6 Å². The highest BCUT2D eigenvalue weighted by Crippen LogP contribution is 2.21. The number of amides is 1. The van der Waals surface area contributed by atoms with Crippen LogP contribution in [0, 0.1) is 10.1 Å². The average Bonchev–Trinajstić information content (AvgIpc) is 3.20. The number of thiazole rings is 1. The number of carbonyl (C=O) groups excluding carboxylic acids is 1. The van der Waals surface area contributed by atoms with Crippen molar-refractivity contribution in [3.8, 4) is 10.7 Å². The number of pyridine rings is 1. The van der Waals surface area contributed by atoms with E-state index in [9.17, 15) is 23.3 Å². The van der Waals surface area contributed by atoms with Gasteiger partial charge in [0.1, 0.15) is 5.01 Å². The van der Waals surface area contributed by atoms with E-state index in [-0.39, 0.29) is 36.0 Å². The molecule has 30 heavy (non-hydrogen) atoms. The molecule has 0 atom stereocenters.